The summed E-state index contributed by atoms with van der Waals surface area (Å²) >= 11 is 0. The summed E-state index contributed by atoms with van der Waals surface area (Å²) < 4.78 is 4.40. The monoisotopic (exact) mass is 602 g/mol. The summed E-state index contributed by atoms with van der Waals surface area (Å²) in [6.07, 6.45) is 29.3. The van der Waals surface area contributed by atoms with Gasteiger partial charge in [-0.3, -0.25) is 9.59 Å². The molecule has 5 N–H and O–H groups in total. The summed E-state index contributed by atoms with van der Waals surface area (Å²) in [6.45, 7) is 0.865. The van der Waals surface area contributed by atoms with Crippen LogP contribution in [0.25, 0.3) is 0 Å². The van der Waals surface area contributed by atoms with Crippen molar-refractivity contribution in [1.82, 2.24) is 10.6 Å². The van der Waals surface area contributed by atoms with Crippen LogP contribution in [0.1, 0.15) is 71.1 Å². The number of carbonyl (C=O) groups is 4. The van der Waals surface area contributed by atoms with E-state index in [1.807, 2.05) is 6.08 Å². The van der Waals surface area contributed by atoms with Gasteiger partial charge in [-0.15, -0.1) is 0 Å². The van der Waals surface area contributed by atoms with Crippen molar-refractivity contribution in [2.24, 2.45) is 5.92 Å². The number of nitrogens with one attached hydrogen (secondary N) is 2. The Bertz CT molecular complexity index is 993. The number of rotatable bonds is 24. The van der Waals surface area contributed by atoms with Crippen molar-refractivity contribution in [3.8, 4) is 0 Å². The molecule has 0 aromatic heterocycles. The predicted molar refractivity (Wildman–Crippen MR) is 168 cm³/mol. The van der Waals surface area contributed by atoms with Gasteiger partial charge in [0, 0.05) is 31.0 Å². The first-order valence-electron chi connectivity index (χ1n) is 14.8. The van der Waals surface area contributed by atoms with E-state index in [1.165, 1.54) is 0 Å². The van der Waals surface area contributed by atoms with Gasteiger partial charge in [-0.2, -0.15) is 0 Å². The SMILES string of the molecule is CCC=CCC=CCC=CCC=CCC=CCCCC(=O)NCCC[C@@](NC(=O)C=CC(=O)OC)(C(=O)O)C(CO)CO. The molecule has 10 heteroatoms. The molecule has 1 atom stereocenters. The van der Waals surface area contributed by atoms with E-state index in [2.05, 4.69) is 77.0 Å². The highest BCUT2D eigenvalue weighted by Crippen LogP contribution is 2.24. The number of methoxy groups -OCH3 is 1. The van der Waals surface area contributed by atoms with Crippen LogP contribution in [-0.4, -0.2) is 71.5 Å². The van der Waals surface area contributed by atoms with Gasteiger partial charge in [-0.25, -0.2) is 9.59 Å². The number of aliphatic hydroxyl groups is 2. The topological polar surface area (TPSA) is 162 Å². The highest BCUT2D eigenvalue weighted by molar-refractivity contribution is 5.97. The second-order valence-electron chi connectivity index (χ2n) is 9.74. The van der Waals surface area contributed by atoms with Crippen LogP contribution in [0.3, 0.4) is 0 Å². The molecule has 0 fully saturated rings. The molecule has 0 saturated carbocycles. The van der Waals surface area contributed by atoms with Crippen molar-refractivity contribution in [3.05, 3.63) is 72.9 Å². The molecular weight excluding hydrogens is 552 g/mol. The second-order valence-corrected chi connectivity index (χ2v) is 9.74. The van der Waals surface area contributed by atoms with E-state index < -0.39 is 42.5 Å². The lowest BCUT2D eigenvalue weighted by atomic mass is 9.80. The number of hydrogen-bond acceptors (Lipinski definition) is 7. The molecule has 0 heterocycles. The zero-order chi connectivity index (χ0) is 32.2. The highest BCUT2D eigenvalue weighted by Gasteiger charge is 2.46. The van der Waals surface area contributed by atoms with Gasteiger partial charge in [0.05, 0.1) is 20.3 Å². The lowest BCUT2D eigenvalue weighted by molar-refractivity contribution is -0.152. The Morgan fingerprint density at radius 2 is 1.33 bits per heavy atom. The maximum absolute atomic E-state index is 12.3. The van der Waals surface area contributed by atoms with Gasteiger partial charge in [0.1, 0.15) is 5.54 Å². The third kappa shape index (κ3) is 19.1. The molecule has 0 bridgehead atoms. The number of ether oxygens (including phenoxy) is 1. The smallest absolute Gasteiger partial charge is 0.330 e. The Kier molecular flexibility index (Phi) is 23.6. The first kappa shape index (κ1) is 39.2. The fraction of sp³-hybridized carbons (Fsp3) is 0.515. The maximum Gasteiger partial charge on any atom is 0.330 e. The molecule has 0 aromatic rings. The normalized spacial score (nSPS) is 13.7. The van der Waals surface area contributed by atoms with Crippen molar-refractivity contribution < 1.29 is 39.2 Å². The molecule has 0 aromatic carbocycles. The quantitative estimate of drug-likeness (QED) is 0.0478. The van der Waals surface area contributed by atoms with Crippen LogP contribution in [0.4, 0.5) is 0 Å². The summed E-state index contributed by atoms with van der Waals surface area (Å²) in [5, 5.41) is 34.2. The van der Waals surface area contributed by atoms with E-state index in [0.29, 0.717) is 12.8 Å². The minimum absolute atomic E-state index is 0.146. The number of amides is 2. The molecule has 0 radical (unpaired) electrons. The summed E-state index contributed by atoms with van der Waals surface area (Å²) in [6, 6.07) is 0. The van der Waals surface area contributed by atoms with Crippen molar-refractivity contribution in [2.45, 2.75) is 76.7 Å². The van der Waals surface area contributed by atoms with Gasteiger partial charge >= 0.3 is 11.9 Å². The number of allylic oxidation sites excluding steroid dienone is 10. The van der Waals surface area contributed by atoms with E-state index in [0.717, 1.165) is 57.8 Å². The van der Waals surface area contributed by atoms with Crippen LogP contribution in [0.2, 0.25) is 0 Å². The Morgan fingerprint density at radius 3 is 1.81 bits per heavy atom. The summed E-state index contributed by atoms with van der Waals surface area (Å²) in [5.74, 6) is -4.55. The Balaban J connectivity index is 4.42. The molecule has 0 rings (SSSR count). The first-order valence-corrected chi connectivity index (χ1v) is 14.8. The summed E-state index contributed by atoms with van der Waals surface area (Å²) in [4.78, 5) is 47.9. The minimum Gasteiger partial charge on any atom is -0.479 e. The van der Waals surface area contributed by atoms with Crippen LogP contribution in [0, 0.1) is 5.92 Å². The summed E-state index contributed by atoms with van der Waals surface area (Å²) in [7, 11) is 1.12. The van der Waals surface area contributed by atoms with Crippen LogP contribution in [-0.2, 0) is 23.9 Å². The van der Waals surface area contributed by atoms with Crippen LogP contribution in [0.15, 0.2) is 72.9 Å². The van der Waals surface area contributed by atoms with E-state index in [9.17, 15) is 34.5 Å². The Hall–Kier alpha value is -3.76. The number of carboxylic acid groups (broad SMARTS) is 1. The number of hydrogen-bond donors (Lipinski definition) is 5. The first-order chi connectivity index (χ1) is 20.8. The van der Waals surface area contributed by atoms with Crippen LogP contribution < -0.4 is 10.6 Å². The fourth-order valence-corrected chi connectivity index (χ4v) is 3.98. The zero-order valence-corrected chi connectivity index (χ0v) is 25.6. The standard InChI is InChI=1S/C33H50N2O8/c1-3-4-5-6-7-8-9-10-11-12-13-14-15-16-17-18-19-21-29(38)34-25-20-24-33(32(41)42,28(26-36)27-37)35-30(39)22-23-31(40)43-2/h4-5,7-8,10-11,13-14,16-17,22-23,28,36-37H,3,6,9,12,15,18-21,24-27H2,1-2H3,(H,34,38)(H,35,39)(H,41,42)/t33-/m0/s1. The molecule has 0 spiro atoms. The predicted octanol–water partition coefficient (Wildman–Crippen LogP) is 4.07. The number of aliphatic hydroxyl groups excluding tert-OH is 2. The average Bonchev–Trinajstić information content (AvgIpc) is 2.99. The van der Waals surface area contributed by atoms with E-state index >= 15 is 0 Å². The highest BCUT2D eigenvalue weighted by atomic mass is 16.5. The van der Waals surface area contributed by atoms with Crippen LogP contribution >= 0.6 is 0 Å². The van der Waals surface area contributed by atoms with Crippen molar-refractivity contribution in [2.75, 3.05) is 26.9 Å². The largest absolute Gasteiger partial charge is 0.479 e. The molecule has 0 unspecified atom stereocenters. The van der Waals surface area contributed by atoms with Crippen molar-refractivity contribution in [3.63, 3.8) is 0 Å². The van der Waals surface area contributed by atoms with Crippen molar-refractivity contribution in [1.29, 1.82) is 0 Å². The molecule has 0 saturated heterocycles. The number of unbranched alkanes of at least 4 members (excludes halogenated alkanes) is 1. The van der Waals surface area contributed by atoms with Gasteiger partial charge < -0.3 is 30.7 Å². The van der Waals surface area contributed by atoms with Gasteiger partial charge in [-0.05, 0) is 57.8 Å². The number of carboxylic acids is 1. The lowest BCUT2D eigenvalue weighted by Crippen LogP contribution is -2.61. The second kappa shape index (κ2) is 25.9. The molecule has 240 valence electrons. The minimum atomic E-state index is -2.01. The Labute approximate surface area is 256 Å². The molecule has 0 aliphatic rings. The molecule has 0 aliphatic carbocycles. The van der Waals surface area contributed by atoms with Gasteiger partial charge in [0.15, 0.2) is 0 Å². The average molecular weight is 603 g/mol. The maximum atomic E-state index is 12.3. The molecule has 43 heavy (non-hydrogen) atoms. The number of carbonyl (C=O) groups excluding carboxylic acids is 3. The van der Waals surface area contributed by atoms with Crippen LogP contribution in [0.5, 0.6) is 0 Å². The zero-order valence-electron chi connectivity index (χ0n) is 25.6. The van der Waals surface area contributed by atoms with E-state index in [4.69, 9.17) is 0 Å². The molecule has 0 aliphatic heterocycles. The van der Waals surface area contributed by atoms with E-state index in [-0.39, 0.29) is 25.3 Å². The Morgan fingerprint density at radius 1 is 0.791 bits per heavy atom. The lowest BCUT2D eigenvalue weighted by Gasteiger charge is -2.36. The van der Waals surface area contributed by atoms with Crippen molar-refractivity contribution >= 4 is 23.8 Å². The number of esters is 1. The number of aliphatic carboxylic acids is 1. The van der Waals surface area contributed by atoms with Gasteiger partial charge in [0.25, 0.3) is 0 Å². The third-order valence-electron chi connectivity index (χ3n) is 6.44. The fourth-order valence-electron chi connectivity index (χ4n) is 3.98. The summed E-state index contributed by atoms with van der Waals surface area (Å²) in [5.41, 5.74) is -2.01. The van der Waals surface area contributed by atoms with E-state index in [1.54, 1.807) is 0 Å². The molecule has 2 amide bonds. The molecule has 10 nitrogen and oxygen atoms in total. The van der Waals surface area contributed by atoms with Gasteiger partial charge in [-0.1, -0.05) is 67.7 Å². The van der Waals surface area contributed by atoms with Gasteiger partial charge in [0.2, 0.25) is 11.8 Å². The molecular formula is C33H50N2O8. The third-order valence-corrected chi connectivity index (χ3v) is 6.44.